The lowest BCUT2D eigenvalue weighted by molar-refractivity contribution is 0.249. The summed E-state index contributed by atoms with van der Waals surface area (Å²) in [5.74, 6) is 0.609. The van der Waals surface area contributed by atoms with Crippen molar-refractivity contribution in [2.75, 3.05) is 0 Å². The second-order valence-electron chi connectivity index (χ2n) is 3.45. The van der Waals surface area contributed by atoms with Crippen molar-refractivity contribution in [1.29, 1.82) is 0 Å². The van der Waals surface area contributed by atoms with Crippen LogP contribution in [0.2, 0.25) is 0 Å². The maximum Gasteiger partial charge on any atom is 0.159 e. The summed E-state index contributed by atoms with van der Waals surface area (Å²) in [7, 11) is 0. The van der Waals surface area contributed by atoms with E-state index in [1.807, 2.05) is 25.3 Å². The third kappa shape index (κ3) is 1.57. The lowest BCUT2D eigenvalue weighted by Crippen LogP contribution is -2.23. The summed E-state index contributed by atoms with van der Waals surface area (Å²) in [5.41, 5.74) is -0.0540. The first kappa shape index (κ1) is 8.20. The van der Waals surface area contributed by atoms with Crippen molar-refractivity contribution < 1.29 is 5.11 Å². The highest BCUT2D eigenvalue weighted by Crippen LogP contribution is 2.14. The maximum absolute atomic E-state index is 8.85. The Bertz CT molecular complexity index is 236. The molecule has 4 nitrogen and oxygen atoms in total. The third-order valence-corrected chi connectivity index (χ3v) is 1.48. The summed E-state index contributed by atoms with van der Waals surface area (Å²) >= 11 is 0. The average Bonchev–Trinajstić information content (AvgIpc) is 2.31. The van der Waals surface area contributed by atoms with E-state index in [9.17, 15) is 0 Å². The standard InChI is InChI=1S/C7H13N3O/c1-7(2,3)10-5-8-9-6(10)4-11/h5,11H,4H2,1-3H3. The van der Waals surface area contributed by atoms with Gasteiger partial charge in [0.05, 0.1) is 0 Å². The number of rotatable bonds is 1. The molecule has 0 aliphatic heterocycles. The van der Waals surface area contributed by atoms with E-state index in [1.54, 1.807) is 6.33 Å². The second kappa shape index (κ2) is 2.62. The van der Waals surface area contributed by atoms with Crippen molar-refractivity contribution in [3.05, 3.63) is 12.2 Å². The number of aliphatic hydroxyl groups is 1. The fourth-order valence-electron chi connectivity index (χ4n) is 0.927. The van der Waals surface area contributed by atoms with Gasteiger partial charge in [-0.2, -0.15) is 0 Å². The quantitative estimate of drug-likeness (QED) is 0.643. The summed E-state index contributed by atoms with van der Waals surface area (Å²) in [5, 5.41) is 16.3. The number of nitrogens with zero attached hydrogens (tertiary/aromatic N) is 3. The second-order valence-corrected chi connectivity index (χ2v) is 3.45. The summed E-state index contributed by atoms with van der Waals surface area (Å²) in [6.45, 7) is 6.05. The number of aromatic nitrogens is 3. The van der Waals surface area contributed by atoms with Gasteiger partial charge in [-0.05, 0) is 20.8 Å². The fraction of sp³-hybridized carbons (Fsp3) is 0.714. The zero-order valence-electron chi connectivity index (χ0n) is 7.07. The van der Waals surface area contributed by atoms with Gasteiger partial charge in [0.15, 0.2) is 5.82 Å². The zero-order chi connectivity index (χ0) is 8.48. The molecule has 0 aliphatic carbocycles. The van der Waals surface area contributed by atoms with E-state index in [0.717, 1.165) is 0 Å². The molecule has 0 spiro atoms. The minimum atomic E-state index is -0.0583. The molecule has 0 bridgehead atoms. The third-order valence-electron chi connectivity index (χ3n) is 1.48. The van der Waals surface area contributed by atoms with Gasteiger partial charge in [-0.25, -0.2) is 0 Å². The monoisotopic (exact) mass is 155 g/mol. The van der Waals surface area contributed by atoms with Crippen molar-refractivity contribution in [1.82, 2.24) is 14.8 Å². The minimum absolute atomic E-state index is 0.0540. The average molecular weight is 155 g/mol. The van der Waals surface area contributed by atoms with Gasteiger partial charge in [0.2, 0.25) is 0 Å². The molecule has 1 heterocycles. The van der Waals surface area contributed by atoms with E-state index < -0.39 is 0 Å². The Labute approximate surface area is 65.9 Å². The van der Waals surface area contributed by atoms with Crippen LogP contribution in [0.15, 0.2) is 6.33 Å². The van der Waals surface area contributed by atoms with Gasteiger partial charge in [0.25, 0.3) is 0 Å². The highest BCUT2D eigenvalue weighted by atomic mass is 16.3. The Morgan fingerprint density at radius 2 is 2.18 bits per heavy atom. The summed E-state index contributed by atoms with van der Waals surface area (Å²) < 4.78 is 1.85. The van der Waals surface area contributed by atoms with Crippen LogP contribution in [0.3, 0.4) is 0 Å². The normalized spacial score (nSPS) is 12.0. The number of aliphatic hydroxyl groups excluding tert-OH is 1. The summed E-state index contributed by atoms with van der Waals surface area (Å²) in [4.78, 5) is 0. The molecule has 0 saturated heterocycles. The lowest BCUT2D eigenvalue weighted by Gasteiger charge is -2.21. The highest BCUT2D eigenvalue weighted by Gasteiger charge is 2.16. The molecule has 11 heavy (non-hydrogen) atoms. The van der Waals surface area contributed by atoms with Crippen molar-refractivity contribution in [2.45, 2.75) is 32.9 Å². The van der Waals surface area contributed by atoms with E-state index in [2.05, 4.69) is 10.2 Å². The molecule has 4 heteroatoms. The van der Waals surface area contributed by atoms with Gasteiger partial charge in [-0.3, -0.25) is 0 Å². The Hall–Kier alpha value is -0.900. The van der Waals surface area contributed by atoms with Gasteiger partial charge >= 0.3 is 0 Å². The Morgan fingerprint density at radius 3 is 2.55 bits per heavy atom. The summed E-state index contributed by atoms with van der Waals surface area (Å²) in [6.07, 6.45) is 1.63. The predicted molar refractivity (Wildman–Crippen MR) is 40.9 cm³/mol. The first-order chi connectivity index (χ1) is 5.05. The van der Waals surface area contributed by atoms with Crippen molar-refractivity contribution in [3.63, 3.8) is 0 Å². The molecule has 1 aromatic heterocycles. The predicted octanol–water partition coefficient (Wildman–Crippen LogP) is 0.525. The van der Waals surface area contributed by atoms with Crippen LogP contribution in [-0.4, -0.2) is 19.9 Å². The van der Waals surface area contributed by atoms with Crippen molar-refractivity contribution >= 4 is 0 Å². The molecule has 0 radical (unpaired) electrons. The van der Waals surface area contributed by atoms with E-state index >= 15 is 0 Å². The fourth-order valence-corrected chi connectivity index (χ4v) is 0.927. The molecule has 1 aromatic rings. The molecule has 1 N–H and O–H groups in total. The molecule has 1 rings (SSSR count). The van der Waals surface area contributed by atoms with Crippen LogP contribution in [0.5, 0.6) is 0 Å². The zero-order valence-corrected chi connectivity index (χ0v) is 7.07. The van der Waals surface area contributed by atoms with Gasteiger partial charge in [0, 0.05) is 5.54 Å². The summed E-state index contributed by atoms with van der Waals surface area (Å²) in [6, 6.07) is 0. The smallest absolute Gasteiger partial charge is 0.159 e. The Balaban J connectivity index is 3.02. The molecule has 0 fully saturated rings. The largest absolute Gasteiger partial charge is 0.388 e. The van der Waals surface area contributed by atoms with E-state index in [4.69, 9.17) is 5.11 Å². The van der Waals surface area contributed by atoms with Gasteiger partial charge < -0.3 is 9.67 Å². The maximum atomic E-state index is 8.85. The molecule has 0 aromatic carbocycles. The first-order valence-corrected chi connectivity index (χ1v) is 3.56. The molecular weight excluding hydrogens is 142 g/mol. The van der Waals surface area contributed by atoms with Crippen molar-refractivity contribution in [3.8, 4) is 0 Å². The molecule has 0 atom stereocenters. The van der Waals surface area contributed by atoms with Crippen LogP contribution >= 0.6 is 0 Å². The molecule has 0 saturated carbocycles. The Kier molecular flexibility index (Phi) is 1.95. The SMILES string of the molecule is CC(C)(C)n1cnnc1CO. The lowest BCUT2D eigenvalue weighted by atomic mass is 10.1. The van der Waals surface area contributed by atoms with E-state index in [0.29, 0.717) is 5.82 Å². The van der Waals surface area contributed by atoms with Gasteiger partial charge in [0.1, 0.15) is 12.9 Å². The molecular formula is C7H13N3O. The van der Waals surface area contributed by atoms with Crippen LogP contribution in [0.25, 0.3) is 0 Å². The topological polar surface area (TPSA) is 50.9 Å². The van der Waals surface area contributed by atoms with Crippen LogP contribution < -0.4 is 0 Å². The first-order valence-electron chi connectivity index (χ1n) is 3.56. The molecule has 0 unspecified atom stereocenters. The number of hydrogen-bond donors (Lipinski definition) is 1. The van der Waals surface area contributed by atoms with Gasteiger partial charge in [-0.15, -0.1) is 10.2 Å². The van der Waals surface area contributed by atoms with E-state index in [-0.39, 0.29) is 12.1 Å². The van der Waals surface area contributed by atoms with Crippen LogP contribution in [0.4, 0.5) is 0 Å². The van der Waals surface area contributed by atoms with E-state index in [1.165, 1.54) is 0 Å². The van der Waals surface area contributed by atoms with Crippen LogP contribution in [-0.2, 0) is 12.1 Å². The minimum Gasteiger partial charge on any atom is -0.388 e. The Morgan fingerprint density at radius 1 is 1.55 bits per heavy atom. The number of hydrogen-bond acceptors (Lipinski definition) is 3. The highest BCUT2D eigenvalue weighted by molar-refractivity contribution is 4.89. The van der Waals surface area contributed by atoms with Crippen molar-refractivity contribution in [2.24, 2.45) is 0 Å². The molecule has 0 amide bonds. The van der Waals surface area contributed by atoms with Gasteiger partial charge in [-0.1, -0.05) is 0 Å². The molecule has 0 aliphatic rings. The van der Waals surface area contributed by atoms with Crippen LogP contribution in [0, 0.1) is 0 Å². The van der Waals surface area contributed by atoms with Crippen LogP contribution in [0.1, 0.15) is 26.6 Å². The molecule has 62 valence electrons.